The van der Waals surface area contributed by atoms with Gasteiger partial charge in [0, 0.05) is 6.42 Å². The highest BCUT2D eigenvalue weighted by Crippen LogP contribution is 2.22. The van der Waals surface area contributed by atoms with Crippen molar-refractivity contribution in [1.82, 2.24) is 0 Å². The first kappa shape index (κ1) is 27.8. The SMILES string of the molecule is C#CCOCC(COCC#C)(COCC=C)COCC(C=N[C@H]1CC(O)[C@@H](CO)O1)=NN. The van der Waals surface area contributed by atoms with E-state index in [0.717, 1.165) is 0 Å². The maximum Gasteiger partial charge on any atom is 0.151 e. The average Bonchev–Trinajstić information content (AvgIpc) is 3.16. The Morgan fingerprint density at radius 1 is 1.16 bits per heavy atom. The molecule has 1 fully saturated rings. The second kappa shape index (κ2) is 16.4. The first-order valence-electron chi connectivity index (χ1n) is 10.1. The van der Waals surface area contributed by atoms with Crippen LogP contribution in [0.5, 0.6) is 0 Å². The molecule has 0 spiro atoms. The van der Waals surface area contributed by atoms with Gasteiger partial charge in [0.25, 0.3) is 0 Å². The van der Waals surface area contributed by atoms with Crippen molar-refractivity contribution in [2.45, 2.75) is 24.9 Å². The van der Waals surface area contributed by atoms with Crippen molar-refractivity contribution in [1.29, 1.82) is 0 Å². The van der Waals surface area contributed by atoms with Gasteiger partial charge >= 0.3 is 0 Å². The van der Waals surface area contributed by atoms with Crippen LogP contribution in [-0.4, -0.2) is 100 Å². The predicted octanol–water partition coefficient (Wildman–Crippen LogP) is -0.655. The Kier molecular flexibility index (Phi) is 14.2. The highest BCUT2D eigenvalue weighted by molar-refractivity contribution is 6.31. The monoisotopic (exact) mass is 451 g/mol. The van der Waals surface area contributed by atoms with Crippen LogP contribution in [0.2, 0.25) is 0 Å². The van der Waals surface area contributed by atoms with E-state index in [1.165, 1.54) is 6.21 Å². The summed E-state index contributed by atoms with van der Waals surface area (Å²) < 4.78 is 28.0. The summed E-state index contributed by atoms with van der Waals surface area (Å²) >= 11 is 0. The number of aliphatic hydroxyl groups excluding tert-OH is 2. The van der Waals surface area contributed by atoms with E-state index in [0.29, 0.717) is 12.3 Å². The summed E-state index contributed by atoms with van der Waals surface area (Å²) in [5.41, 5.74) is -0.328. The first-order chi connectivity index (χ1) is 15.5. The molecule has 10 heteroatoms. The number of terminal acetylenes is 2. The maximum atomic E-state index is 9.77. The van der Waals surface area contributed by atoms with Gasteiger partial charge in [-0.3, -0.25) is 4.99 Å². The molecule has 4 N–H and O–H groups in total. The lowest BCUT2D eigenvalue weighted by molar-refractivity contribution is -0.0919. The standard InChI is InChI=1S/C22H33N3O7/c1-4-7-28-14-22(15-29-8-5-2,16-30-9-6-3)17-31-13-18(25-23)11-24-21-10-19(27)20(12-26)32-21/h1-2,6,11,19-21,26-27H,3,7-10,12-17,23H2/t19?,20-,21-/m1/s1. The Labute approximate surface area is 189 Å². The smallest absolute Gasteiger partial charge is 0.151 e. The van der Waals surface area contributed by atoms with Gasteiger partial charge in [-0.15, -0.1) is 19.4 Å². The van der Waals surface area contributed by atoms with Crippen molar-refractivity contribution < 1.29 is 33.9 Å². The molecule has 0 amide bonds. The fraction of sp³-hybridized carbons (Fsp3) is 0.636. The van der Waals surface area contributed by atoms with Crippen LogP contribution >= 0.6 is 0 Å². The van der Waals surface area contributed by atoms with Gasteiger partial charge in [0.1, 0.15) is 25.0 Å². The van der Waals surface area contributed by atoms with E-state index in [2.05, 4.69) is 28.5 Å². The van der Waals surface area contributed by atoms with Gasteiger partial charge < -0.3 is 39.7 Å². The molecule has 1 saturated heterocycles. The average molecular weight is 452 g/mol. The van der Waals surface area contributed by atoms with Gasteiger partial charge in [0.2, 0.25) is 0 Å². The van der Waals surface area contributed by atoms with Gasteiger partial charge in [-0.05, 0) is 0 Å². The minimum atomic E-state index is -0.779. The molecule has 0 bridgehead atoms. The van der Waals surface area contributed by atoms with Gasteiger partial charge in [-0.1, -0.05) is 17.9 Å². The van der Waals surface area contributed by atoms with Crippen molar-refractivity contribution in [3.8, 4) is 24.7 Å². The number of hydrogen-bond acceptors (Lipinski definition) is 10. The summed E-state index contributed by atoms with van der Waals surface area (Å²) in [5.74, 6) is 10.3. The highest BCUT2D eigenvalue weighted by atomic mass is 16.5. The third-order valence-electron chi connectivity index (χ3n) is 4.43. The topological polar surface area (TPSA) is 137 Å². The Balaban J connectivity index is 2.71. The normalized spacial score (nSPS) is 21.5. The number of aliphatic hydroxyl groups is 2. The molecule has 178 valence electrons. The number of nitrogens with two attached hydrogens (primary N) is 1. The number of ether oxygens (including phenoxy) is 5. The summed E-state index contributed by atoms with van der Waals surface area (Å²) in [7, 11) is 0. The molecule has 0 saturated carbocycles. The molecule has 0 aromatic carbocycles. The van der Waals surface area contributed by atoms with Crippen molar-refractivity contribution in [2.24, 2.45) is 21.4 Å². The van der Waals surface area contributed by atoms with Crippen LogP contribution < -0.4 is 5.84 Å². The van der Waals surface area contributed by atoms with Crippen molar-refractivity contribution in [3.63, 3.8) is 0 Å². The second-order valence-electron chi connectivity index (χ2n) is 7.20. The summed E-state index contributed by atoms with van der Waals surface area (Å²) in [5, 5.41) is 22.6. The first-order valence-corrected chi connectivity index (χ1v) is 10.1. The van der Waals surface area contributed by atoms with E-state index in [-0.39, 0.29) is 59.3 Å². The van der Waals surface area contributed by atoms with Crippen LogP contribution in [-0.2, 0) is 23.7 Å². The summed E-state index contributed by atoms with van der Waals surface area (Å²) in [6.07, 6.45) is 11.8. The lowest BCUT2D eigenvalue weighted by Gasteiger charge is -2.32. The minimum Gasteiger partial charge on any atom is -0.394 e. The molecule has 32 heavy (non-hydrogen) atoms. The van der Waals surface area contributed by atoms with E-state index in [9.17, 15) is 5.11 Å². The molecular weight excluding hydrogens is 418 g/mol. The highest BCUT2D eigenvalue weighted by Gasteiger charge is 2.34. The maximum absolute atomic E-state index is 9.77. The van der Waals surface area contributed by atoms with Crippen LogP contribution in [0.1, 0.15) is 6.42 Å². The fourth-order valence-electron chi connectivity index (χ4n) is 2.88. The van der Waals surface area contributed by atoms with Crippen LogP contribution in [0.15, 0.2) is 22.7 Å². The molecular formula is C22H33N3O7. The molecule has 1 rings (SSSR count). The molecule has 0 aliphatic carbocycles. The molecule has 3 atom stereocenters. The molecule has 1 aliphatic heterocycles. The fourth-order valence-corrected chi connectivity index (χ4v) is 2.88. The summed E-state index contributed by atoms with van der Waals surface area (Å²) in [6.45, 7) is 4.88. The number of hydrazone groups is 1. The number of hydrogen-bond donors (Lipinski definition) is 3. The van der Waals surface area contributed by atoms with Crippen LogP contribution in [0.3, 0.4) is 0 Å². The van der Waals surface area contributed by atoms with E-state index in [4.69, 9.17) is 47.5 Å². The third-order valence-corrected chi connectivity index (χ3v) is 4.43. The molecule has 0 aromatic rings. The van der Waals surface area contributed by atoms with E-state index in [1.54, 1.807) is 6.08 Å². The Morgan fingerprint density at radius 3 is 2.31 bits per heavy atom. The molecule has 0 aromatic heterocycles. The third kappa shape index (κ3) is 10.4. The Hall–Kier alpha value is -2.28. The molecule has 1 heterocycles. The zero-order valence-electron chi connectivity index (χ0n) is 18.2. The van der Waals surface area contributed by atoms with Crippen LogP contribution in [0.25, 0.3) is 0 Å². The zero-order chi connectivity index (χ0) is 23.7. The van der Waals surface area contributed by atoms with Crippen molar-refractivity contribution >= 4 is 11.9 Å². The van der Waals surface area contributed by atoms with Crippen molar-refractivity contribution in [3.05, 3.63) is 12.7 Å². The van der Waals surface area contributed by atoms with E-state index >= 15 is 0 Å². The van der Waals surface area contributed by atoms with Gasteiger partial charge in [0.15, 0.2) is 6.23 Å². The lowest BCUT2D eigenvalue weighted by atomic mass is 9.92. The molecule has 10 nitrogen and oxygen atoms in total. The van der Waals surface area contributed by atoms with E-state index in [1.807, 2.05) is 0 Å². The molecule has 1 aliphatic rings. The Bertz CT molecular complexity index is 664. The summed E-state index contributed by atoms with van der Waals surface area (Å²) in [4.78, 5) is 4.20. The quantitative estimate of drug-likeness (QED) is 0.0662. The predicted molar refractivity (Wildman–Crippen MR) is 120 cm³/mol. The number of aliphatic imine (C=N–C) groups is 1. The van der Waals surface area contributed by atoms with E-state index < -0.39 is 23.9 Å². The number of nitrogens with zero attached hydrogens (tertiary/aromatic N) is 2. The minimum absolute atomic E-state index is 0.0478. The lowest BCUT2D eigenvalue weighted by Crippen LogP contribution is -2.42. The Morgan fingerprint density at radius 2 is 1.78 bits per heavy atom. The van der Waals surface area contributed by atoms with Crippen LogP contribution in [0, 0.1) is 30.1 Å². The van der Waals surface area contributed by atoms with Gasteiger partial charge in [-0.25, -0.2) is 0 Å². The van der Waals surface area contributed by atoms with Gasteiger partial charge in [-0.2, -0.15) is 5.10 Å². The van der Waals surface area contributed by atoms with Crippen LogP contribution in [0.4, 0.5) is 0 Å². The number of rotatable bonds is 17. The second-order valence-corrected chi connectivity index (χ2v) is 7.20. The zero-order valence-corrected chi connectivity index (χ0v) is 18.2. The molecule has 1 unspecified atom stereocenters. The largest absolute Gasteiger partial charge is 0.394 e. The molecule has 0 radical (unpaired) electrons. The van der Waals surface area contributed by atoms with Gasteiger partial charge in [0.05, 0.1) is 64.0 Å². The van der Waals surface area contributed by atoms with Crippen molar-refractivity contribution in [2.75, 3.05) is 59.5 Å². The summed E-state index contributed by atoms with van der Waals surface area (Å²) in [6, 6.07) is 0.